The molecule has 0 saturated heterocycles. The smallest absolute Gasteiger partial charge is 0.228 e. The average Bonchev–Trinajstić information content (AvgIpc) is 2.39. The van der Waals surface area contributed by atoms with Gasteiger partial charge >= 0.3 is 0 Å². The predicted octanol–water partition coefficient (Wildman–Crippen LogP) is 2.28. The van der Waals surface area contributed by atoms with Crippen molar-refractivity contribution < 1.29 is 4.79 Å². The van der Waals surface area contributed by atoms with E-state index in [0.717, 1.165) is 12.0 Å². The van der Waals surface area contributed by atoms with E-state index in [2.05, 4.69) is 19.2 Å². The Morgan fingerprint density at radius 1 is 1.28 bits per heavy atom. The number of hydrogen-bond acceptors (Lipinski definition) is 2. The van der Waals surface area contributed by atoms with Crippen molar-refractivity contribution in [2.24, 2.45) is 11.7 Å². The summed E-state index contributed by atoms with van der Waals surface area (Å²) in [7, 11) is 0. The monoisotopic (exact) mass is 248 g/mol. The van der Waals surface area contributed by atoms with Crippen LogP contribution >= 0.6 is 0 Å². The van der Waals surface area contributed by atoms with Crippen LogP contribution in [-0.2, 0) is 4.79 Å². The summed E-state index contributed by atoms with van der Waals surface area (Å²) in [4.78, 5) is 12.3. The van der Waals surface area contributed by atoms with E-state index in [9.17, 15) is 4.79 Å². The van der Waals surface area contributed by atoms with Gasteiger partial charge in [0.25, 0.3) is 0 Å². The van der Waals surface area contributed by atoms with Crippen molar-refractivity contribution in [1.29, 1.82) is 0 Å². The van der Waals surface area contributed by atoms with Crippen LogP contribution in [0.4, 0.5) is 0 Å². The molecule has 100 valence electrons. The molecule has 3 atom stereocenters. The van der Waals surface area contributed by atoms with Crippen molar-refractivity contribution >= 4 is 5.91 Å². The first-order valence-electron chi connectivity index (χ1n) is 6.65. The maximum absolute atomic E-state index is 12.3. The van der Waals surface area contributed by atoms with Gasteiger partial charge in [-0.2, -0.15) is 0 Å². The minimum absolute atomic E-state index is 0.0211. The third-order valence-electron chi connectivity index (χ3n) is 3.40. The second-order valence-electron chi connectivity index (χ2n) is 4.92. The molecule has 0 aliphatic heterocycles. The van der Waals surface area contributed by atoms with E-state index in [4.69, 9.17) is 5.73 Å². The lowest BCUT2D eigenvalue weighted by Gasteiger charge is -2.24. The fourth-order valence-corrected chi connectivity index (χ4v) is 2.03. The van der Waals surface area contributed by atoms with Crippen LogP contribution in [0, 0.1) is 5.92 Å². The Morgan fingerprint density at radius 2 is 1.89 bits per heavy atom. The number of hydrogen-bond donors (Lipinski definition) is 2. The first-order chi connectivity index (χ1) is 8.60. The number of carbonyl (C=O) groups is 1. The maximum Gasteiger partial charge on any atom is 0.228 e. The molecule has 0 radical (unpaired) electrons. The molecule has 0 saturated carbocycles. The molecule has 18 heavy (non-hydrogen) atoms. The van der Waals surface area contributed by atoms with Crippen LogP contribution in [0.3, 0.4) is 0 Å². The quantitative estimate of drug-likeness (QED) is 0.811. The predicted molar refractivity (Wildman–Crippen MR) is 75.3 cm³/mol. The highest BCUT2D eigenvalue weighted by Gasteiger charge is 2.26. The van der Waals surface area contributed by atoms with Gasteiger partial charge in [0.05, 0.1) is 5.92 Å². The third-order valence-corrected chi connectivity index (χ3v) is 3.40. The van der Waals surface area contributed by atoms with Gasteiger partial charge in [-0.1, -0.05) is 50.6 Å². The topological polar surface area (TPSA) is 55.1 Å². The van der Waals surface area contributed by atoms with Crippen LogP contribution in [-0.4, -0.2) is 18.5 Å². The molecule has 1 amide bonds. The van der Waals surface area contributed by atoms with Crippen LogP contribution in [0.5, 0.6) is 0 Å². The van der Waals surface area contributed by atoms with Gasteiger partial charge in [-0.3, -0.25) is 4.79 Å². The third kappa shape index (κ3) is 3.84. The lowest BCUT2D eigenvalue weighted by Crippen LogP contribution is -2.41. The molecule has 0 fully saturated rings. The molecule has 0 aromatic heterocycles. The number of benzene rings is 1. The number of amides is 1. The first-order valence-corrected chi connectivity index (χ1v) is 6.65. The van der Waals surface area contributed by atoms with Gasteiger partial charge in [-0.05, 0) is 18.4 Å². The van der Waals surface area contributed by atoms with Crippen molar-refractivity contribution in [1.82, 2.24) is 5.32 Å². The van der Waals surface area contributed by atoms with Gasteiger partial charge in [-0.25, -0.2) is 0 Å². The summed E-state index contributed by atoms with van der Waals surface area (Å²) in [5.74, 6) is 0.302. The van der Waals surface area contributed by atoms with Crippen LogP contribution in [0.2, 0.25) is 0 Å². The molecular weight excluding hydrogens is 224 g/mol. The Hall–Kier alpha value is -1.35. The largest absolute Gasteiger partial charge is 0.352 e. The van der Waals surface area contributed by atoms with Gasteiger partial charge in [0.1, 0.15) is 0 Å². The average molecular weight is 248 g/mol. The highest BCUT2D eigenvalue weighted by Crippen LogP contribution is 2.27. The summed E-state index contributed by atoms with van der Waals surface area (Å²) in [6.45, 7) is 6.62. The number of nitrogens with two attached hydrogens (primary N) is 1. The van der Waals surface area contributed by atoms with E-state index >= 15 is 0 Å². The summed E-state index contributed by atoms with van der Waals surface area (Å²) >= 11 is 0. The van der Waals surface area contributed by atoms with E-state index in [1.165, 1.54) is 0 Å². The maximum atomic E-state index is 12.3. The molecule has 3 nitrogen and oxygen atoms in total. The second-order valence-corrected chi connectivity index (χ2v) is 4.92. The number of rotatable bonds is 6. The summed E-state index contributed by atoms with van der Waals surface area (Å²) < 4.78 is 0. The van der Waals surface area contributed by atoms with Crippen molar-refractivity contribution in [3.63, 3.8) is 0 Å². The molecule has 3 N–H and O–H groups in total. The van der Waals surface area contributed by atoms with E-state index in [1.807, 2.05) is 37.3 Å². The first kappa shape index (κ1) is 14.7. The lowest BCUT2D eigenvalue weighted by atomic mass is 9.84. The van der Waals surface area contributed by atoms with Crippen LogP contribution in [0.1, 0.15) is 38.7 Å². The van der Waals surface area contributed by atoms with E-state index in [0.29, 0.717) is 12.5 Å². The van der Waals surface area contributed by atoms with Gasteiger partial charge in [-0.15, -0.1) is 0 Å². The van der Waals surface area contributed by atoms with E-state index in [-0.39, 0.29) is 17.9 Å². The Morgan fingerprint density at radius 3 is 2.39 bits per heavy atom. The fourth-order valence-electron chi connectivity index (χ4n) is 2.03. The molecule has 0 bridgehead atoms. The molecule has 0 aliphatic rings. The van der Waals surface area contributed by atoms with Gasteiger partial charge in [0.15, 0.2) is 0 Å². The molecule has 2 unspecified atom stereocenters. The number of carbonyl (C=O) groups excluding carboxylic acids is 1. The van der Waals surface area contributed by atoms with Crippen molar-refractivity contribution in [3.8, 4) is 0 Å². The highest BCUT2D eigenvalue weighted by molar-refractivity contribution is 5.84. The zero-order valence-electron chi connectivity index (χ0n) is 11.5. The normalized spacial score (nSPS) is 15.8. The summed E-state index contributed by atoms with van der Waals surface area (Å²) in [6, 6.07) is 9.98. The summed E-state index contributed by atoms with van der Waals surface area (Å²) in [6.07, 6.45) is 0.976. The molecule has 0 spiro atoms. The van der Waals surface area contributed by atoms with Gasteiger partial charge in [0.2, 0.25) is 5.91 Å². The van der Waals surface area contributed by atoms with Gasteiger partial charge < -0.3 is 11.1 Å². The zero-order valence-corrected chi connectivity index (χ0v) is 11.5. The lowest BCUT2D eigenvalue weighted by molar-refractivity contribution is -0.124. The Bertz CT molecular complexity index is 364. The molecule has 0 heterocycles. The molecule has 0 aliphatic carbocycles. The zero-order chi connectivity index (χ0) is 13.5. The van der Waals surface area contributed by atoms with Crippen LogP contribution < -0.4 is 11.1 Å². The molecule has 3 heteroatoms. The Kier molecular flexibility index (Phi) is 5.86. The molecule has 1 aromatic carbocycles. The summed E-state index contributed by atoms with van der Waals surface area (Å²) in [5.41, 5.74) is 6.63. The Labute approximate surface area is 110 Å². The van der Waals surface area contributed by atoms with Gasteiger partial charge in [0, 0.05) is 12.6 Å². The van der Waals surface area contributed by atoms with Crippen molar-refractivity contribution in [3.05, 3.63) is 35.9 Å². The SMILES string of the molecule is CCC(C)C(C(=O)N[C@@H](C)CN)c1ccccc1. The minimum atomic E-state index is -0.0924. The molecule has 1 rings (SSSR count). The van der Waals surface area contributed by atoms with Crippen LogP contribution in [0.25, 0.3) is 0 Å². The second kappa shape index (κ2) is 7.17. The van der Waals surface area contributed by atoms with Crippen molar-refractivity contribution in [2.45, 2.75) is 39.2 Å². The number of nitrogens with one attached hydrogen (secondary N) is 1. The highest BCUT2D eigenvalue weighted by atomic mass is 16.1. The van der Waals surface area contributed by atoms with Crippen molar-refractivity contribution in [2.75, 3.05) is 6.54 Å². The fraction of sp³-hybridized carbons (Fsp3) is 0.533. The minimum Gasteiger partial charge on any atom is -0.352 e. The van der Waals surface area contributed by atoms with Crippen LogP contribution in [0.15, 0.2) is 30.3 Å². The van der Waals surface area contributed by atoms with E-state index < -0.39 is 0 Å². The Balaban J connectivity index is 2.89. The molecular formula is C15H24N2O. The standard InChI is InChI=1S/C15H24N2O/c1-4-11(2)14(13-8-6-5-7-9-13)15(18)17-12(3)10-16/h5-9,11-12,14H,4,10,16H2,1-3H3,(H,17,18)/t11?,12-,14?/m0/s1. The van der Waals surface area contributed by atoms with E-state index in [1.54, 1.807) is 0 Å². The molecule has 1 aromatic rings. The summed E-state index contributed by atoms with van der Waals surface area (Å²) in [5, 5.41) is 2.98.